The average Bonchev–Trinajstić information content (AvgIpc) is 1.84. The Morgan fingerprint density at radius 2 is 1.89 bits per heavy atom. The van der Waals surface area contributed by atoms with E-state index in [1.807, 2.05) is 0 Å². The van der Waals surface area contributed by atoms with Crippen LogP contribution in [0.1, 0.15) is 19.8 Å². The molecule has 0 saturated heterocycles. The molecule has 0 aliphatic carbocycles. The molecule has 0 saturated carbocycles. The molecule has 0 radical (unpaired) electrons. The summed E-state index contributed by atoms with van der Waals surface area (Å²) in [5.74, 6) is 1.79. The zero-order valence-corrected chi connectivity index (χ0v) is 8.35. The van der Waals surface area contributed by atoms with Crippen molar-refractivity contribution in [3.05, 3.63) is 0 Å². The van der Waals surface area contributed by atoms with Gasteiger partial charge in [0.1, 0.15) is 0 Å². The van der Waals surface area contributed by atoms with E-state index in [0.717, 1.165) is 24.3 Å². The molecule has 1 unspecified atom stereocenters. The van der Waals surface area contributed by atoms with E-state index in [9.17, 15) is 0 Å². The Morgan fingerprint density at radius 1 is 1.33 bits per heavy atom. The molecule has 3 heteroatoms. The van der Waals surface area contributed by atoms with E-state index in [1.165, 1.54) is 0 Å². The van der Waals surface area contributed by atoms with Crippen molar-refractivity contribution in [2.45, 2.75) is 24.5 Å². The van der Waals surface area contributed by atoms with Crippen LogP contribution in [0.25, 0.3) is 0 Å². The van der Waals surface area contributed by atoms with Crippen molar-refractivity contribution in [3.63, 3.8) is 0 Å². The largest absolute Gasteiger partial charge is 0.179 e. The third-order valence-electron chi connectivity index (χ3n) is 1.21. The van der Waals surface area contributed by atoms with Crippen LogP contribution < -0.4 is 0 Å². The highest BCUT2D eigenvalue weighted by Gasteiger charge is 2.14. The predicted octanol–water partition coefficient (Wildman–Crippen LogP) is 2.31. The van der Waals surface area contributed by atoms with Gasteiger partial charge in [-0.2, -0.15) is 37.9 Å². The van der Waals surface area contributed by atoms with Crippen LogP contribution in [0.3, 0.4) is 0 Å². The van der Waals surface area contributed by atoms with Crippen LogP contribution in [0.4, 0.5) is 0 Å². The first kappa shape index (κ1) is 10.0. The van der Waals surface area contributed by atoms with Crippen LogP contribution in [0, 0.1) is 0 Å². The molecule has 0 heterocycles. The molecule has 0 rings (SSSR count). The van der Waals surface area contributed by atoms with Crippen molar-refractivity contribution in [2.24, 2.45) is 0 Å². The molecule has 0 N–H and O–H groups in total. The Kier molecular flexibility index (Phi) is 5.36. The lowest BCUT2D eigenvalue weighted by molar-refractivity contribution is 0.646. The second-order valence-electron chi connectivity index (χ2n) is 2.48. The maximum absolute atomic E-state index is 4.41. The maximum atomic E-state index is 4.41. The lowest BCUT2D eigenvalue weighted by atomic mass is 10.1. The monoisotopic (exact) mass is 182 g/mol. The summed E-state index contributed by atoms with van der Waals surface area (Å²) in [6.07, 6.45) is 2.23. The van der Waals surface area contributed by atoms with Crippen LogP contribution in [-0.4, -0.2) is 16.3 Å². The zero-order chi connectivity index (χ0) is 7.33. The maximum Gasteiger partial charge on any atom is 0.0189 e. The first-order valence-electron chi connectivity index (χ1n) is 3.06. The van der Waals surface area contributed by atoms with Gasteiger partial charge in [0, 0.05) is 10.5 Å². The Hall–Kier alpha value is 1.05. The number of thiol groups is 3. The predicted molar refractivity (Wildman–Crippen MR) is 54.3 cm³/mol. The summed E-state index contributed by atoms with van der Waals surface area (Å²) in [7, 11) is 0. The highest BCUT2D eigenvalue weighted by Crippen LogP contribution is 2.21. The van der Waals surface area contributed by atoms with Gasteiger partial charge < -0.3 is 0 Å². The molecule has 0 spiro atoms. The zero-order valence-electron chi connectivity index (χ0n) is 5.67. The highest BCUT2D eigenvalue weighted by molar-refractivity contribution is 7.85. The molecule has 0 nitrogen and oxygen atoms in total. The van der Waals surface area contributed by atoms with Gasteiger partial charge in [0.15, 0.2) is 0 Å². The van der Waals surface area contributed by atoms with Crippen molar-refractivity contribution >= 4 is 37.9 Å². The van der Waals surface area contributed by atoms with Crippen molar-refractivity contribution < 1.29 is 0 Å². The Morgan fingerprint density at radius 3 is 2.22 bits per heavy atom. The molecule has 0 aromatic carbocycles. The van der Waals surface area contributed by atoms with Gasteiger partial charge in [0.05, 0.1) is 0 Å². The summed E-state index contributed by atoms with van der Waals surface area (Å²) in [4.78, 5) is 0. The normalized spacial score (nSPS) is 17.3. The third kappa shape index (κ3) is 5.49. The molecule has 0 aliphatic heterocycles. The van der Waals surface area contributed by atoms with Gasteiger partial charge in [0.25, 0.3) is 0 Å². The summed E-state index contributed by atoms with van der Waals surface area (Å²) in [6, 6.07) is 0. The Balaban J connectivity index is 3.33. The Bertz CT molecular complexity index is 70.7. The number of hydrogen-bond acceptors (Lipinski definition) is 3. The van der Waals surface area contributed by atoms with E-state index in [0.29, 0.717) is 0 Å². The van der Waals surface area contributed by atoms with Gasteiger partial charge >= 0.3 is 0 Å². The fourth-order valence-corrected chi connectivity index (χ4v) is 1.01. The van der Waals surface area contributed by atoms with Crippen LogP contribution in [0.2, 0.25) is 0 Å². The third-order valence-corrected chi connectivity index (χ3v) is 2.86. The first-order chi connectivity index (χ1) is 4.12. The molecule has 9 heavy (non-hydrogen) atoms. The smallest absolute Gasteiger partial charge is 0.0189 e. The molecule has 0 fully saturated rings. The van der Waals surface area contributed by atoms with E-state index < -0.39 is 0 Å². The first-order valence-corrected chi connectivity index (χ1v) is 4.78. The summed E-state index contributed by atoms with van der Waals surface area (Å²) >= 11 is 12.7. The minimum atomic E-state index is 0.103. The molecular formula is C6H14S3. The molecule has 0 bridgehead atoms. The van der Waals surface area contributed by atoms with E-state index in [4.69, 9.17) is 0 Å². The topological polar surface area (TPSA) is 0 Å². The van der Waals surface area contributed by atoms with Crippen LogP contribution in [0.5, 0.6) is 0 Å². The van der Waals surface area contributed by atoms with Crippen molar-refractivity contribution in [1.82, 2.24) is 0 Å². The van der Waals surface area contributed by atoms with Gasteiger partial charge in [0.2, 0.25) is 0 Å². The second-order valence-corrected chi connectivity index (χ2v) is 4.33. The average molecular weight is 182 g/mol. The minimum Gasteiger partial charge on any atom is -0.179 e. The summed E-state index contributed by atoms with van der Waals surface area (Å²) in [5, 5.41) is 0. The lowest BCUT2D eigenvalue weighted by Crippen LogP contribution is -2.18. The standard InChI is InChI=1S/C6H14S3/c1-6(9,5-8)3-2-4-7/h7-9H,2-5H2,1H3. The summed E-state index contributed by atoms with van der Waals surface area (Å²) in [6.45, 7) is 2.10. The lowest BCUT2D eigenvalue weighted by Gasteiger charge is -2.19. The summed E-state index contributed by atoms with van der Waals surface area (Å²) in [5.41, 5.74) is 0. The van der Waals surface area contributed by atoms with Crippen molar-refractivity contribution in [3.8, 4) is 0 Å². The SMILES string of the molecule is CC(S)(CS)CCCS. The van der Waals surface area contributed by atoms with Crippen LogP contribution >= 0.6 is 37.9 Å². The number of hydrogen-bond donors (Lipinski definition) is 3. The molecule has 56 valence electrons. The van der Waals surface area contributed by atoms with E-state index >= 15 is 0 Å². The minimum absolute atomic E-state index is 0.103. The van der Waals surface area contributed by atoms with E-state index in [2.05, 4.69) is 44.8 Å². The molecule has 0 aromatic heterocycles. The number of rotatable bonds is 4. The Labute approximate surface area is 74.0 Å². The molecule has 0 amide bonds. The molecule has 0 aliphatic rings. The quantitative estimate of drug-likeness (QED) is 0.546. The molecular weight excluding hydrogens is 168 g/mol. The van der Waals surface area contributed by atoms with Gasteiger partial charge in [-0.05, 0) is 25.5 Å². The van der Waals surface area contributed by atoms with Gasteiger partial charge in [-0.1, -0.05) is 0 Å². The van der Waals surface area contributed by atoms with Crippen LogP contribution in [0.15, 0.2) is 0 Å². The summed E-state index contributed by atoms with van der Waals surface area (Å²) < 4.78 is 0.103. The molecule has 0 aromatic rings. The molecule has 1 atom stereocenters. The van der Waals surface area contributed by atoms with Gasteiger partial charge in [-0.3, -0.25) is 0 Å². The van der Waals surface area contributed by atoms with Gasteiger partial charge in [-0.15, -0.1) is 0 Å². The fourth-order valence-electron chi connectivity index (χ4n) is 0.539. The van der Waals surface area contributed by atoms with Crippen LogP contribution in [-0.2, 0) is 0 Å². The fraction of sp³-hybridized carbons (Fsp3) is 1.00. The second kappa shape index (κ2) is 4.80. The van der Waals surface area contributed by atoms with Crippen molar-refractivity contribution in [2.75, 3.05) is 11.5 Å². The van der Waals surface area contributed by atoms with Crippen molar-refractivity contribution in [1.29, 1.82) is 0 Å². The van der Waals surface area contributed by atoms with E-state index in [1.54, 1.807) is 0 Å². The van der Waals surface area contributed by atoms with E-state index in [-0.39, 0.29) is 4.75 Å². The van der Waals surface area contributed by atoms with Gasteiger partial charge in [-0.25, -0.2) is 0 Å². The highest BCUT2D eigenvalue weighted by atomic mass is 32.1.